The van der Waals surface area contributed by atoms with E-state index in [0.717, 1.165) is 10.8 Å². The van der Waals surface area contributed by atoms with Gasteiger partial charge in [-0.1, -0.05) is 29.8 Å². The summed E-state index contributed by atoms with van der Waals surface area (Å²) in [6.07, 6.45) is 0. The quantitative estimate of drug-likeness (QED) is 0.870. The van der Waals surface area contributed by atoms with Gasteiger partial charge in [0.05, 0.1) is 5.25 Å². The van der Waals surface area contributed by atoms with Gasteiger partial charge in [0.2, 0.25) is 0 Å². The van der Waals surface area contributed by atoms with E-state index >= 15 is 0 Å². The van der Waals surface area contributed by atoms with Crippen molar-refractivity contribution in [3.63, 3.8) is 0 Å². The molecule has 0 amide bonds. The first-order chi connectivity index (χ1) is 8.70. The second-order valence-electron chi connectivity index (χ2n) is 4.08. The van der Waals surface area contributed by atoms with Crippen LogP contribution >= 0.6 is 34.7 Å². The molecule has 1 aromatic heterocycles. The Labute approximate surface area is 121 Å². The van der Waals surface area contributed by atoms with Gasteiger partial charge in [-0.15, -0.1) is 23.1 Å². The van der Waals surface area contributed by atoms with Crippen molar-refractivity contribution in [2.75, 3.05) is 6.54 Å². The van der Waals surface area contributed by atoms with Crippen LogP contribution in [0.5, 0.6) is 0 Å². The summed E-state index contributed by atoms with van der Waals surface area (Å²) >= 11 is 9.84. The molecule has 0 saturated carbocycles. The Morgan fingerprint density at radius 2 is 2.06 bits per heavy atom. The fraction of sp³-hybridized carbons (Fsp3) is 0.286. The van der Waals surface area contributed by atoms with Gasteiger partial charge in [0.1, 0.15) is 0 Å². The predicted molar refractivity (Wildman–Crippen MR) is 83.6 cm³/mol. The van der Waals surface area contributed by atoms with Crippen LogP contribution in [0.2, 0.25) is 5.02 Å². The van der Waals surface area contributed by atoms with Gasteiger partial charge in [-0.05, 0) is 30.7 Å². The Kier molecular flexibility index (Phi) is 5.13. The monoisotopic (exact) mass is 297 g/mol. The third-order valence-corrected chi connectivity index (χ3v) is 5.65. The van der Waals surface area contributed by atoms with Gasteiger partial charge in [-0.2, -0.15) is 0 Å². The number of hydrogen-bond acceptors (Lipinski definition) is 3. The Balaban J connectivity index is 2.02. The molecule has 2 N–H and O–H groups in total. The molecule has 1 unspecified atom stereocenters. The molecular weight excluding hydrogens is 282 g/mol. The Bertz CT molecular complexity index is 510. The summed E-state index contributed by atoms with van der Waals surface area (Å²) in [4.78, 5) is 2.69. The van der Waals surface area contributed by atoms with E-state index in [-0.39, 0.29) is 0 Å². The number of rotatable bonds is 5. The molecule has 1 atom stereocenters. The summed E-state index contributed by atoms with van der Waals surface area (Å²) < 4.78 is 0. The number of aryl methyl sites for hydroxylation is 1. The lowest BCUT2D eigenvalue weighted by Crippen LogP contribution is -2.08. The van der Waals surface area contributed by atoms with Crippen LogP contribution in [0, 0.1) is 6.92 Å². The minimum absolute atomic E-state index is 0.361. The zero-order valence-corrected chi connectivity index (χ0v) is 12.6. The summed E-state index contributed by atoms with van der Waals surface area (Å²) in [7, 11) is 0. The summed E-state index contributed by atoms with van der Waals surface area (Å²) in [5, 5.41) is 1.20. The molecule has 0 bridgehead atoms. The number of thioether (sulfide) groups is 1. The minimum Gasteiger partial charge on any atom is -0.329 e. The molecule has 0 aliphatic heterocycles. The zero-order valence-electron chi connectivity index (χ0n) is 10.2. The third kappa shape index (κ3) is 3.51. The van der Waals surface area contributed by atoms with Crippen molar-refractivity contribution in [2.24, 2.45) is 5.73 Å². The summed E-state index contributed by atoms with van der Waals surface area (Å²) in [6.45, 7) is 2.79. The van der Waals surface area contributed by atoms with Crippen LogP contribution in [0.1, 0.15) is 20.6 Å². The maximum atomic E-state index is 6.16. The Morgan fingerprint density at radius 1 is 1.28 bits per heavy atom. The van der Waals surface area contributed by atoms with Gasteiger partial charge in [0.25, 0.3) is 0 Å². The summed E-state index contributed by atoms with van der Waals surface area (Å²) in [6, 6.07) is 12.3. The number of hydrogen-bond donors (Lipinski definition) is 1. The van der Waals surface area contributed by atoms with Crippen molar-refractivity contribution < 1.29 is 0 Å². The predicted octanol–water partition coefficient (Wildman–Crippen LogP) is 4.64. The topological polar surface area (TPSA) is 26.0 Å². The molecule has 0 aliphatic rings. The smallest absolute Gasteiger partial charge is 0.0516 e. The third-order valence-electron chi connectivity index (χ3n) is 2.69. The first kappa shape index (κ1) is 13.9. The molecule has 1 nitrogen and oxygen atoms in total. The van der Waals surface area contributed by atoms with E-state index in [0.29, 0.717) is 11.8 Å². The molecule has 2 rings (SSSR count). The van der Waals surface area contributed by atoms with Gasteiger partial charge in [-0.25, -0.2) is 0 Å². The highest BCUT2D eigenvalue weighted by atomic mass is 35.5. The molecule has 2 aromatic rings. The first-order valence-corrected chi connectivity index (χ1v) is 8.06. The Morgan fingerprint density at radius 3 is 2.67 bits per heavy atom. The molecule has 0 saturated heterocycles. The van der Waals surface area contributed by atoms with Crippen molar-refractivity contribution in [3.05, 3.63) is 56.7 Å². The van der Waals surface area contributed by atoms with Gasteiger partial charge in [0, 0.05) is 27.1 Å². The molecule has 1 heterocycles. The highest BCUT2D eigenvalue weighted by molar-refractivity contribution is 7.98. The lowest BCUT2D eigenvalue weighted by atomic mass is 10.2. The second-order valence-corrected chi connectivity index (χ2v) is 6.99. The van der Waals surface area contributed by atoms with Crippen molar-refractivity contribution in [3.8, 4) is 0 Å². The molecule has 0 spiro atoms. The van der Waals surface area contributed by atoms with Crippen molar-refractivity contribution in [2.45, 2.75) is 17.9 Å². The lowest BCUT2D eigenvalue weighted by Gasteiger charge is -2.13. The standard InChI is InChI=1S/C14H16ClNS2/c1-10-6-7-13(18-10)14(8-16)17-9-11-4-2-3-5-12(11)15/h2-7,14H,8-9,16H2,1H3. The van der Waals surface area contributed by atoms with Crippen LogP contribution in [-0.2, 0) is 5.75 Å². The highest BCUT2D eigenvalue weighted by Gasteiger charge is 2.13. The van der Waals surface area contributed by atoms with Crippen LogP contribution in [-0.4, -0.2) is 6.54 Å². The molecule has 18 heavy (non-hydrogen) atoms. The van der Waals surface area contributed by atoms with Gasteiger partial charge in [0.15, 0.2) is 0 Å². The van der Waals surface area contributed by atoms with Crippen molar-refractivity contribution in [1.82, 2.24) is 0 Å². The fourth-order valence-electron chi connectivity index (χ4n) is 1.70. The van der Waals surface area contributed by atoms with Crippen LogP contribution in [0.15, 0.2) is 36.4 Å². The number of halogens is 1. The molecule has 0 fully saturated rings. The fourth-order valence-corrected chi connectivity index (χ4v) is 4.21. The SMILES string of the molecule is Cc1ccc(C(CN)SCc2ccccc2Cl)s1. The van der Waals surface area contributed by atoms with E-state index in [1.807, 2.05) is 41.3 Å². The van der Waals surface area contributed by atoms with E-state index in [1.54, 1.807) is 0 Å². The average Bonchev–Trinajstić information content (AvgIpc) is 2.79. The molecule has 96 valence electrons. The molecule has 0 aliphatic carbocycles. The second kappa shape index (κ2) is 6.62. The first-order valence-electron chi connectivity index (χ1n) is 5.82. The van der Waals surface area contributed by atoms with Crippen molar-refractivity contribution >= 4 is 34.7 Å². The number of thiophene rings is 1. The lowest BCUT2D eigenvalue weighted by molar-refractivity contribution is 0.960. The van der Waals surface area contributed by atoms with E-state index in [9.17, 15) is 0 Å². The zero-order chi connectivity index (χ0) is 13.0. The van der Waals surface area contributed by atoms with Crippen LogP contribution in [0.4, 0.5) is 0 Å². The highest BCUT2D eigenvalue weighted by Crippen LogP contribution is 2.35. The van der Waals surface area contributed by atoms with E-state index in [1.165, 1.54) is 15.3 Å². The van der Waals surface area contributed by atoms with E-state index < -0.39 is 0 Å². The van der Waals surface area contributed by atoms with Gasteiger partial charge < -0.3 is 5.73 Å². The van der Waals surface area contributed by atoms with Crippen LogP contribution in [0.3, 0.4) is 0 Å². The maximum Gasteiger partial charge on any atom is 0.0516 e. The minimum atomic E-state index is 0.361. The summed E-state index contributed by atoms with van der Waals surface area (Å²) in [5.41, 5.74) is 7.05. The molecular formula is C14H16ClNS2. The number of nitrogens with two attached hydrogens (primary N) is 1. The van der Waals surface area contributed by atoms with Crippen LogP contribution < -0.4 is 5.73 Å². The largest absolute Gasteiger partial charge is 0.329 e. The normalized spacial score (nSPS) is 12.6. The number of benzene rings is 1. The van der Waals surface area contributed by atoms with Gasteiger partial charge >= 0.3 is 0 Å². The van der Waals surface area contributed by atoms with E-state index in [2.05, 4.69) is 25.1 Å². The molecule has 0 radical (unpaired) electrons. The average molecular weight is 298 g/mol. The molecule has 4 heteroatoms. The van der Waals surface area contributed by atoms with Crippen LogP contribution in [0.25, 0.3) is 0 Å². The summed E-state index contributed by atoms with van der Waals surface area (Å²) in [5.74, 6) is 0.901. The molecule has 1 aromatic carbocycles. The maximum absolute atomic E-state index is 6.16. The van der Waals surface area contributed by atoms with Crippen molar-refractivity contribution in [1.29, 1.82) is 0 Å². The van der Waals surface area contributed by atoms with E-state index in [4.69, 9.17) is 17.3 Å². The Hall–Kier alpha value is -0.480. The van der Waals surface area contributed by atoms with Gasteiger partial charge in [-0.3, -0.25) is 0 Å².